The molecule has 0 aromatic heterocycles. The van der Waals surface area contributed by atoms with E-state index < -0.39 is 11.7 Å². The summed E-state index contributed by atoms with van der Waals surface area (Å²) in [7, 11) is 1.41. The van der Waals surface area contributed by atoms with Crippen LogP contribution in [0.5, 0.6) is 0 Å². The normalized spacial score (nSPS) is 11.8. The van der Waals surface area contributed by atoms with Gasteiger partial charge in [0.05, 0.1) is 12.2 Å². The molecular formula is C9H8ClF3O. The SMILES string of the molecule is COCc1cc(Cl)cc(C(F)(F)F)c1. The Morgan fingerprint density at radius 2 is 1.93 bits per heavy atom. The zero-order chi connectivity index (χ0) is 10.8. The molecule has 0 saturated heterocycles. The molecule has 0 atom stereocenters. The minimum atomic E-state index is -4.37. The fourth-order valence-electron chi connectivity index (χ4n) is 1.06. The van der Waals surface area contributed by atoms with E-state index >= 15 is 0 Å². The molecule has 78 valence electrons. The van der Waals surface area contributed by atoms with E-state index in [4.69, 9.17) is 16.3 Å². The van der Waals surface area contributed by atoms with Gasteiger partial charge in [0.15, 0.2) is 0 Å². The molecule has 0 fully saturated rings. The first kappa shape index (κ1) is 11.3. The summed E-state index contributed by atoms with van der Waals surface area (Å²) in [6, 6.07) is 3.36. The van der Waals surface area contributed by atoms with Crippen molar-refractivity contribution < 1.29 is 17.9 Å². The molecule has 1 rings (SSSR count). The predicted octanol–water partition coefficient (Wildman–Crippen LogP) is 3.51. The molecule has 0 spiro atoms. The smallest absolute Gasteiger partial charge is 0.380 e. The molecule has 0 amide bonds. The number of methoxy groups -OCH3 is 1. The van der Waals surface area contributed by atoms with Gasteiger partial charge in [-0.3, -0.25) is 0 Å². The van der Waals surface area contributed by atoms with E-state index in [-0.39, 0.29) is 11.6 Å². The van der Waals surface area contributed by atoms with Crippen molar-refractivity contribution in [2.24, 2.45) is 0 Å². The molecule has 0 aliphatic rings. The standard InChI is InChI=1S/C9H8ClF3O/c1-14-5-6-2-7(9(11,12)13)4-8(10)3-6/h2-4H,5H2,1H3. The molecule has 0 unspecified atom stereocenters. The van der Waals surface area contributed by atoms with Gasteiger partial charge in [-0.2, -0.15) is 13.2 Å². The Balaban J connectivity index is 3.07. The number of rotatable bonds is 2. The maximum absolute atomic E-state index is 12.3. The Labute approximate surface area is 84.4 Å². The van der Waals surface area contributed by atoms with Gasteiger partial charge in [0, 0.05) is 12.1 Å². The van der Waals surface area contributed by atoms with Crippen LogP contribution < -0.4 is 0 Å². The van der Waals surface area contributed by atoms with Gasteiger partial charge in [-0.25, -0.2) is 0 Å². The second-order valence-electron chi connectivity index (χ2n) is 2.78. The van der Waals surface area contributed by atoms with Crippen LogP contribution in [0.2, 0.25) is 5.02 Å². The van der Waals surface area contributed by atoms with E-state index in [1.807, 2.05) is 0 Å². The summed E-state index contributed by atoms with van der Waals surface area (Å²) in [6.07, 6.45) is -4.37. The average molecular weight is 225 g/mol. The van der Waals surface area contributed by atoms with Crippen LogP contribution in [0.1, 0.15) is 11.1 Å². The highest BCUT2D eigenvalue weighted by molar-refractivity contribution is 6.30. The first-order valence-electron chi connectivity index (χ1n) is 3.79. The monoisotopic (exact) mass is 224 g/mol. The van der Waals surface area contributed by atoms with Crippen molar-refractivity contribution in [2.75, 3.05) is 7.11 Å². The highest BCUT2D eigenvalue weighted by atomic mass is 35.5. The molecule has 1 aromatic carbocycles. The van der Waals surface area contributed by atoms with Crippen molar-refractivity contribution in [3.63, 3.8) is 0 Å². The van der Waals surface area contributed by atoms with Crippen LogP contribution in [-0.4, -0.2) is 7.11 Å². The van der Waals surface area contributed by atoms with Crippen LogP contribution in [0.15, 0.2) is 18.2 Å². The zero-order valence-electron chi connectivity index (χ0n) is 7.36. The van der Waals surface area contributed by atoms with E-state index in [0.717, 1.165) is 12.1 Å². The van der Waals surface area contributed by atoms with Gasteiger partial charge >= 0.3 is 6.18 Å². The fraction of sp³-hybridized carbons (Fsp3) is 0.333. The Bertz CT molecular complexity index is 322. The topological polar surface area (TPSA) is 9.23 Å². The largest absolute Gasteiger partial charge is 0.416 e. The third-order valence-corrected chi connectivity index (χ3v) is 1.81. The van der Waals surface area contributed by atoms with Crippen LogP contribution in [0.25, 0.3) is 0 Å². The molecule has 0 radical (unpaired) electrons. The van der Waals surface area contributed by atoms with Gasteiger partial charge < -0.3 is 4.74 Å². The van der Waals surface area contributed by atoms with Gasteiger partial charge in [0.1, 0.15) is 0 Å². The van der Waals surface area contributed by atoms with Crippen LogP contribution >= 0.6 is 11.6 Å². The second kappa shape index (κ2) is 4.19. The Kier molecular flexibility index (Phi) is 3.39. The Morgan fingerprint density at radius 3 is 2.43 bits per heavy atom. The van der Waals surface area contributed by atoms with E-state index in [1.165, 1.54) is 13.2 Å². The van der Waals surface area contributed by atoms with Crippen molar-refractivity contribution in [3.8, 4) is 0 Å². The summed E-state index contributed by atoms with van der Waals surface area (Å²) in [4.78, 5) is 0. The number of alkyl halides is 3. The van der Waals surface area contributed by atoms with E-state index in [9.17, 15) is 13.2 Å². The molecule has 14 heavy (non-hydrogen) atoms. The van der Waals surface area contributed by atoms with Gasteiger partial charge in [-0.15, -0.1) is 0 Å². The molecule has 0 aliphatic heterocycles. The highest BCUT2D eigenvalue weighted by Gasteiger charge is 2.30. The van der Waals surface area contributed by atoms with Gasteiger partial charge in [-0.05, 0) is 23.8 Å². The molecular weight excluding hydrogens is 217 g/mol. The van der Waals surface area contributed by atoms with Crippen molar-refractivity contribution in [2.45, 2.75) is 12.8 Å². The van der Waals surface area contributed by atoms with Gasteiger partial charge in [0.2, 0.25) is 0 Å². The van der Waals surface area contributed by atoms with Crippen molar-refractivity contribution >= 4 is 11.6 Å². The van der Waals surface area contributed by atoms with Crippen molar-refractivity contribution in [1.29, 1.82) is 0 Å². The lowest BCUT2D eigenvalue weighted by Crippen LogP contribution is -2.05. The molecule has 0 heterocycles. The molecule has 1 nitrogen and oxygen atoms in total. The zero-order valence-corrected chi connectivity index (χ0v) is 8.12. The Hall–Kier alpha value is -0.740. The lowest BCUT2D eigenvalue weighted by Gasteiger charge is -2.09. The van der Waals surface area contributed by atoms with Crippen molar-refractivity contribution in [3.05, 3.63) is 34.3 Å². The Morgan fingerprint density at radius 1 is 1.29 bits per heavy atom. The first-order valence-corrected chi connectivity index (χ1v) is 4.17. The average Bonchev–Trinajstić information content (AvgIpc) is 2.02. The highest BCUT2D eigenvalue weighted by Crippen LogP contribution is 2.31. The van der Waals surface area contributed by atoms with Crippen LogP contribution in [0, 0.1) is 0 Å². The molecule has 0 N–H and O–H groups in total. The van der Waals surface area contributed by atoms with Gasteiger partial charge in [0.25, 0.3) is 0 Å². The summed E-state index contributed by atoms with van der Waals surface area (Å²) in [5.74, 6) is 0. The van der Waals surface area contributed by atoms with Gasteiger partial charge in [-0.1, -0.05) is 11.6 Å². The maximum atomic E-state index is 12.3. The summed E-state index contributed by atoms with van der Waals surface area (Å²) >= 11 is 5.54. The minimum absolute atomic E-state index is 0.0619. The summed E-state index contributed by atoms with van der Waals surface area (Å²) in [5.41, 5.74) is -0.343. The van der Waals surface area contributed by atoms with Crippen LogP contribution in [0.4, 0.5) is 13.2 Å². The number of ether oxygens (including phenoxy) is 1. The van der Waals surface area contributed by atoms with Crippen molar-refractivity contribution in [1.82, 2.24) is 0 Å². The number of benzene rings is 1. The molecule has 0 saturated carbocycles. The number of hydrogen-bond acceptors (Lipinski definition) is 1. The maximum Gasteiger partial charge on any atom is 0.416 e. The third-order valence-electron chi connectivity index (χ3n) is 1.60. The quantitative estimate of drug-likeness (QED) is 0.747. The summed E-state index contributed by atoms with van der Waals surface area (Å²) in [6.45, 7) is 0.115. The van der Waals surface area contributed by atoms with Crippen LogP contribution in [0.3, 0.4) is 0 Å². The molecule has 0 bridgehead atoms. The second-order valence-corrected chi connectivity index (χ2v) is 3.22. The predicted molar refractivity (Wildman–Crippen MR) is 47.2 cm³/mol. The number of halogens is 4. The lowest BCUT2D eigenvalue weighted by molar-refractivity contribution is -0.137. The minimum Gasteiger partial charge on any atom is -0.380 e. The first-order chi connectivity index (χ1) is 6.43. The molecule has 5 heteroatoms. The fourth-order valence-corrected chi connectivity index (χ4v) is 1.32. The third kappa shape index (κ3) is 2.89. The molecule has 1 aromatic rings. The number of hydrogen-bond donors (Lipinski definition) is 0. The lowest BCUT2D eigenvalue weighted by atomic mass is 10.1. The van der Waals surface area contributed by atoms with E-state index in [1.54, 1.807) is 0 Å². The van der Waals surface area contributed by atoms with Crippen LogP contribution in [-0.2, 0) is 17.5 Å². The summed E-state index contributed by atoms with van der Waals surface area (Å²) in [5, 5.41) is 0.0619. The molecule has 0 aliphatic carbocycles. The van der Waals surface area contributed by atoms with E-state index in [0.29, 0.717) is 5.56 Å². The van der Waals surface area contributed by atoms with E-state index in [2.05, 4.69) is 0 Å². The summed E-state index contributed by atoms with van der Waals surface area (Å²) < 4.78 is 41.6.